The lowest BCUT2D eigenvalue weighted by molar-refractivity contribution is -0.142. The quantitative estimate of drug-likeness (QED) is 0.474. The Morgan fingerprint density at radius 2 is 2.06 bits per heavy atom. The van der Waals surface area contributed by atoms with E-state index in [2.05, 4.69) is 20.6 Å². The van der Waals surface area contributed by atoms with E-state index in [9.17, 15) is 9.18 Å². The average Bonchev–Trinajstić information content (AvgIpc) is 3.50. The first-order valence-corrected chi connectivity index (χ1v) is 9.86. The first-order chi connectivity index (χ1) is 15.1. The number of benzene rings is 1. The molecule has 1 aliphatic rings. The van der Waals surface area contributed by atoms with Gasteiger partial charge in [-0.25, -0.2) is 18.5 Å². The molecule has 1 saturated heterocycles. The number of nitrogens with zero attached hydrogens (tertiary/aromatic N) is 7. The third kappa shape index (κ3) is 4.54. The van der Waals surface area contributed by atoms with Gasteiger partial charge in [0.15, 0.2) is 5.82 Å². The number of anilines is 1. The minimum atomic E-state index is -0.674. The first-order valence-electron chi connectivity index (χ1n) is 9.86. The lowest BCUT2D eigenvalue weighted by Crippen LogP contribution is -2.26. The highest BCUT2D eigenvalue weighted by molar-refractivity contribution is 5.89. The van der Waals surface area contributed by atoms with Gasteiger partial charge in [0, 0.05) is 19.4 Å². The smallest absolute Gasteiger partial charge is 0.414 e. The second kappa shape index (κ2) is 9.18. The molecule has 0 aliphatic carbocycles. The summed E-state index contributed by atoms with van der Waals surface area (Å²) in [6, 6.07) is 4.41. The maximum absolute atomic E-state index is 14.9. The molecule has 1 aromatic carbocycles. The van der Waals surface area contributed by atoms with Crippen LogP contribution >= 0.6 is 0 Å². The van der Waals surface area contributed by atoms with Gasteiger partial charge in [-0.05, 0) is 32.0 Å². The van der Waals surface area contributed by atoms with Crippen molar-refractivity contribution >= 4 is 11.8 Å². The van der Waals surface area contributed by atoms with Crippen LogP contribution in [0, 0.1) is 5.82 Å². The number of rotatable bonds is 9. The number of hydrogen-bond acceptors (Lipinski definition) is 8. The number of carbonyl (C=O) groups excluding carboxylic acids is 1. The molecule has 2 aromatic heterocycles. The Morgan fingerprint density at radius 1 is 1.26 bits per heavy atom. The van der Waals surface area contributed by atoms with Gasteiger partial charge in [0.25, 0.3) is 0 Å². The van der Waals surface area contributed by atoms with Crippen LogP contribution < -0.4 is 4.90 Å². The summed E-state index contributed by atoms with van der Waals surface area (Å²) in [5.74, 6) is -0.564. The number of amides is 1. The SMILES string of the molecule is CCOC(OCC)c1cn(-c2ccc(N3C[C@H](Cn4ccnn4)OC3=O)cc2F)nn1. The predicted octanol–water partition coefficient (Wildman–Crippen LogP) is 2.09. The normalized spacial score (nSPS) is 16.3. The zero-order valence-corrected chi connectivity index (χ0v) is 17.1. The number of cyclic esters (lactones) is 1. The summed E-state index contributed by atoms with van der Waals surface area (Å²) in [4.78, 5) is 13.6. The summed E-state index contributed by atoms with van der Waals surface area (Å²) in [5.41, 5.74) is 1.00. The Morgan fingerprint density at radius 3 is 2.74 bits per heavy atom. The van der Waals surface area contributed by atoms with E-state index in [4.69, 9.17) is 14.2 Å². The lowest BCUT2D eigenvalue weighted by atomic mass is 10.2. The molecule has 1 amide bonds. The molecule has 1 atom stereocenters. The Balaban J connectivity index is 1.49. The van der Waals surface area contributed by atoms with E-state index in [-0.39, 0.29) is 12.2 Å². The molecule has 3 aromatic rings. The number of aromatic nitrogens is 6. The third-order valence-corrected chi connectivity index (χ3v) is 4.62. The van der Waals surface area contributed by atoms with Gasteiger partial charge in [0.1, 0.15) is 17.5 Å². The highest BCUT2D eigenvalue weighted by Crippen LogP contribution is 2.26. The van der Waals surface area contributed by atoms with Crippen molar-refractivity contribution in [2.75, 3.05) is 24.7 Å². The van der Waals surface area contributed by atoms with E-state index in [1.165, 1.54) is 21.7 Å². The standard InChI is InChI=1S/C19H22FN7O4/c1-3-29-18(30-4-2)16-12-27(24-22-16)17-6-5-13(9-15(17)20)26-11-14(31-19(26)28)10-25-8-7-21-23-25/h5-9,12,14,18H,3-4,10-11H2,1-2H3/t14-/m0/s1. The third-order valence-electron chi connectivity index (χ3n) is 4.62. The molecule has 12 heteroatoms. The zero-order chi connectivity index (χ0) is 21.8. The van der Waals surface area contributed by atoms with Crippen LogP contribution in [0.3, 0.4) is 0 Å². The lowest BCUT2D eigenvalue weighted by Gasteiger charge is -2.14. The Kier molecular flexibility index (Phi) is 6.18. The van der Waals surface area contributed by atoms with Crippen molar-refractivity contribution in [1.82, 2.24) is 30.0 Å². The molecule has 164 valence electrons. The Bertz CT molecular complexity index is 1020. The van der Waals surface area contributed by atoms with Crippen molar-refractivity contribution in [3.63, 3.8) is 0 Å². The molecule has 3 heterocycles. The van der Waals surface area contributed by atoms with Crippen molar-refractivity contribution in [1.29, 1.82) is 0 Å². The fourth-order valence-electron chi connectivity index (χ4n) is 3.24. The van der Waals surface area contributed by atoms with Crippen molar-refractivity contribution in [2.45, 2.75) is 32.8 Å². The average molecular weight is 431 g/mol. The Labute approximate surface area is 177 Å². The van der Waals surface area contributed by atoms with Crippen LogP contribution in [0.4, 0.5) is 14.9 Å². The van der Waals surface area contributed by atoms with E-state index in [1.807, 2.05) is 13.8 Å². The van der Waals surface area contributed by atoms with E-state index < -0.39 is 24.3 Å². The number of hydrogen-bond donors (Lipinski definition) is 0. The van der Waals surface area contributed by atoms with Crippen molar-refractivity contribution in [2.24, 2.45) is 0 Å². The fourth-order valence-corrected chi connectivity index (χ4v) is 3.24. The molecule has 0 spiro atoms. The van der Waals surface area contributed by atoms with Gasteiger partial charge in [0.2, 0.25) is 6.29 Å². The van der Waals surface area contributed by atoms with Crippen molar-refractivity contribution < 1.29 is 23.4 Å². The predicted molar refractivity (Wildman–Crippen MR) is 105 cm³/mol. The van der Waals surface area contributed by atoms with Gasteiger partial charge in [0.05, 0.1) is 31.2 Å². The van der Waals surface area contributed by atoms with Crippen LogP contribution in [0.2, 0.25) is 0 Å². The minimum Gasteiger partial charge on any atom is -0.442 e. The highest BCUT2D eigenvalue weighted by atomic mass is 19.1. The van der Waals surface area contributed by atoms with E-state index in [0.717, 1.165) is 0 Å². The Hall–Kier alpha value is -3.38. The summed E-state index contributed by atoms with van der Waals surface area (Å²) >= 11 is 0. The van der Waals surface area contributed by atoms with Crippen LogP contribution in [-0.4, -0.2) is 61.9 Å². The van der Waals surface area contributed by atoms with Gasteiger partial charge < -0.3 is 14.2 Å². The molecular formula is C19H22FN7O4. The van der Waals surface area contributed by atoms with E-state index in [0.29, 0.717) is 31.1 Å². The molecule has 4 rings (SSSR count). The van der Waals surface area contributed by atoms with Gasteiger partial charge in [-0.1, -0.05) is 10.4 Å². The molecule has 0 saturated carbocycles. The van der Waals surface area contributed by atoms with Crippen molar-refractivity contribution in [3.8, 4) is 5.69 Å². The maximum atomic E-state index is 14.9. The fraction of sp³-hybridized carbons (Fsp3) is 0.421. The van der Waals surface area contributed by atoms with Crippen LogP contribution in [0.15, 0.2) is 36.8 Å². The molecule has 0 radical (unpaired) electrons. The molecule has 1 aliphatic heterocycles. The topological polar surface area (TPSA) is 109 Å². The summed E-state index contributed by atoms with van der Waals surface area (Å²) in [5, 5.41) is 15.6. The molecule has 1 fully saturated rings. The monoisotopic (exact) mass is 431 g/mol. The largest absolute Gasteiger partial charge is 0.442 e. The van der Waals surface area contributed by atoms with E-state index in [1.54, 1.807) is 29.3 Å². The van der Waals surface area contributed by atoms with Crippen LogP contribution in [0.5, 0.6) is 0 Å². The van der Waals surface area contributed by atoms with Gasteiger partial charge in [-0.2, -0.15) is 0 Å². The summed E-state index contributed by atoms with van der Waals surface area (Å²) < 4.78 is 34.1. The van der Waals surface area contributed by atoms with Gasteiger partial charge in [-0.15, -0.1) is 10.2 Å². The molecule has 0 unspecified atom stereocenters. The van der Waals surface area contributed by atoms with Crippen LogP contribution in [0.1, 0.15) is 25.8 Å². The summed E-state index contributed by atoms with van der Waals surface area (Å²) in [6.45, 7) is 5.19. The van der Waals surface area contributed by atoms with Crippen LogP contribution in [-0.2, 0) is 20.8 Å². The van der Waals surface area contributed by atoms with Gasteiger partial charge >= 0.3 is 6.09 Å². The van der Waals surface area contributed by atoms with E-state index >= 15 is 0 Å². The minimum absolute atomic E-state index is 0.181. The molecule has 0 N–H and O–H groups in total. The maximum Gasteiger partial charge on any atom is 0.414 e. The summed E-state index contributed by atoms with van der Waals surface area (Å²) in [7, 11) is 0. The second-order valence-corrected chi connectivity index (χ2v) is 6.71. The number of halogens is 1. The summed E-state index contributed by atoms with van der Waals surface area (Å²) in [6.07, 6.45) is 3.14. The highest BCUT2D eigenvalue weighted by Gasteiger charge is 2.33. The zero-order valence-electron chi connectivity index (χ0n) is 17.1. The molecule has 0 bridgehead atoms. The molecule has 31 heavy (non-hydrogen) atoms. The number of carbonyl (C=O) groups is 1. The van der Waals surface area contributed by atoms with Gasteiger partial charge in [-0.3, -0.25) is 4.90 Å². The second-order valence-electron chi connectivity index (χ2n) is 6.71. The molecular weight excluding hydrogens is 409 g/mol. The van der Waals surface area contributed by atoms with Crippen molar-refractivity contribution in [3.05, 3.63) is 48.3 Å². The number of ether oxygens (including phenoxy) is 3. The van der Waals surface area contributed by atoms with Crippen LogP contribution in [0.25, 0.3) is 5.69 Å². The first kappa shape index (κ1) is 20.9. The molecule has 11 nitrogen and oxygen atoms in total.